The number of aryl methyl sites for hydroxylation is 1. The summed E-state index contributed by atoms with van der Waals surface area (Å²) in [7, 11) is -3.19. The molecule has 0 aliphatic carbocycles. The van der Waals surface area contributed by atoms with Crippen molar-refractivity contribution in [3.63, 3.8) is 0 Å². The van der Waals surface area contributed by atoms with Crippen molar-refractivity contribution in [1.82, 2.24) is 14.3 Å². The lowest BCUT2D eigenvalue weighted by Crippen LogP contribution is -2.39. The molecule has 1 aromatic carbocycles. The Morgan fingerprint density at radius 1 is 1.07 bits per heavy atom. The topological polar surface area (TPSA) is 92.1 Å². The summed E-state index contributed by atoms with van der Waals surface area (Å²) in [6, 6.07) is 13.8. The average Bonchev–Trinajstić information content (AvgIpc) is 3.43. The van der Waals surface area contributed by atoms with Crippen molar-refractivity contribution in [2.45, 2.75) is 38.6 Å². The summed E-state index contributed by atoms with van der Waals surface area (Å²) in [4.78, 5) is 36.2. The number of hydrogen-bond acceptors (Lipinski definition) is 8. The Morgan fingerprint density at radius 2 is 1.82 bits per heavy atom. The van der Waals surface area contributed by atoms with Crippen LogP contribution in [-0.2, 0) is 21.1 Å². The minimum Gasteiger partial charge on any atom is -0.356 e. The Bertz CT molecular complexity index is 1690. The minimum absolute atomic E-state index is 0.0491. The maximum Gasteiger partial charge on any atom is 0.267 e. The normalized spacial score (nSPS) is 22.6. The molecule has 8 nitrogen and oxygen atoms in total. The Morgan fingerprint density at radius 3 is 2.52 bits per heavy atom. The number of benzene rings is 1. The van der Waals surface area contributed by atoms with E-state index in [0.717, 1.165) is 49.7 Å². The summed E-state index contributed by atoms with van der Waals surface area (Å²) in [5.74, 6) is 0.733. The fourth-order valence-corrected chi connectivity index (χ4v) is 8.95. The lowest BCUT2D eigenvalue weighted by atomic mass is 9.90. The van der Waals surface area contributed by atoms with Crippen LogP contribution >= 0.6 is 24.0 Å². The van der Waals surface area contributed by atoms with Gasteiger partial charge in [-0.2, -0.15) is 0 Å². The van der Waals surface area contributed by atoms with E-state index in [1.807, 2.05) is 25.1 Å². The van der Waals surface area contributed by atoms with Crippen LogP contribution in [0.4, 0.5) is 5.82 Å². The quantitative estimate of drug-likeness (QED) is 0.325. The number of aromatic nitrogens is 2. The molecule has 0 spiro atoms. The van der Waals surface area contributed by atoms with Crippen LogP contribution in [0.1, 0.15) is 36.0 Å². The van der Waals surface area contributed by atoms with Crippen molar-refractivity contribution in [3.8, 4) is 0 Å². The molecule has 0 saturated carbocycles. The van der Waals surface area contributed by atoms with Crippen LogP contribution in [0.2, 0.25) is 0 Å². The third kappa shape index (κ3) is 5.22. The number of hydrogen-bond donors (Lipinski definition) is 0. The second-order valence-electron chi connectivity index (χ2n) is 10.8. The van der Waals surface area contributed by atoms with E-state index in [-0.39, 0.29) is 23.0 Å². The molecule has 6 rings (SSSR count). The zero-order valence-corrected chi connectivity index (χ0v) is 24.6. The molecule has 3 fully saturated rings. The number of carbonyl (C=O) groups is 1. The van der Waals surface area contributed by atoms with Gasteiger partial charge in [0.05, 0.1) is 28.0 Å². The van der Waals surface area contributed by atoms with E-state index in [1.54, 1.807) is 12.3 Å². The molecule has 208 valence electrons. The molecule has 0 radical (unpaired) electrons. The van der Waals surface area contributed by atoms with Crippen LogP contribution in [-0.4, -0.2) is 63.6 Å². The summed E-state index contributed by atoms with van der Waals surface area (Å²) in [5.41, 5.74) is 2.92. The van der Waals surface area contributed by atoms with Crippen molar-refractivity contribution < 1.29 is 13.2 Å². The van der Waals surface area contributed by atoms with Crippen molar-refractivity contribution in [3.05, 3.63) is 80.6 Å². The number of anilines is 1. The van der Waals surface area contributed by atoms with Gasteiger partial charge in [0.1, 0.15) is 15.8 Å². The van der Waals surface area contributed by atoms with Crippen LogP contribution in [0.5, 0.6) is 0 Å². The molecule has 3 aliphatic rings. The molecule has 0 N–H and O–H groups in total. The molecule has 1 unspecified atom stereocenters. The van der Waals surface area contributed by atoms with Crippen LogP contribution in [0.25, 0.3) is 11.7 Å². The Balaban J connectivity index is 1.34. The smallest absolute Gasteiger partial charge is 0.267 e. The number of carbonyl (C=O) groups excluding carboxylic acids is 1. The second kappa shape index (κ2) is 10.8. The van der Waals surface area contributed by atoms with Crippen molar-refractivity contribution in [2.75, 3.05) is 29.5 Å². The zero-order valence-electron chi connectivity index (χ0n) is 22.2. The number of fused-ring (bicyclic) bond motifs is 1. The molecular formula is C29H30N4O4S3. The molecule has 3 saturated heterocycles. The summed E-state index contributed by atoms with van der Waals surface area (Å²) in [5, 5.41) is 0. The van der Waals surface area contributed by atoms with Crippen LogP contribution in [0.3, 0.4) is 0 Å². The molecule has 3 aromatic rings. The third-order valence-electron chi connectivity index (χ3n) is 8.02. The highest BCUT2D eigenvalue weighted by Gasteiger charge is 2.42. The van der Waals surface area contributed by atoms with E-state index in [9.17, 15) is 18.0 Å². The lowest BCUT2D eigenvalue weighted by molar-refractivity contribution is -0.123. The first-order valence-electron chi connectivity index (χ1n) is 13.5. The molecule has 1 atom stereocenters. The van der Waals surface area contributed by atoms with Gasteiger partial charge >= 0.3 is 0 Å². The number of thioether (sulfide) groups is 1. The standard InChI is InChI=1S/C29H30N4O4S3/c1-19-6-5-12-32-25(19)30-26(31-13-9-21(10-14-31)16-20-7-3-2-4-8-20)23(27(32)34)17-24-28(35)33(29(38)39-24)22-11-15-40(36,37)18-22/h2-8,12,17,21-22H,9-11,13-16,18H2,1H3. The van der Waals surface area contributed by atoms with Crippen LogP contribution in [0.15, 0.2) is 58.4 Å². The highest BCUT2D eigenvalue weighted by molar-refractivity contribution is 8.26. The van der Waals surface area contributed by atoms with E-state index in [1.165, 1.54) is 14.9 Å². The minimum atomic E-state index is -3.19. The molecule has 40 heavy (non-hydrogen) atoms. The van der Waals surface area contributed by atoms with Gasteiger partial charge in [-0.3, -0.25) is 18.9 Å². The SMILES string of the molecule is Cc1cccn2c(=O)c(C=C3SC(=S)N(C4CCS(=O)(=O)C4)C3=O)c(N3CCC(Cc4ccccc4)CC3)nc12. The number of piperidine rings is 1. The van der Waals surface area contributed by atoms with Gasteiger partial charge in [-0.25, -0.2) is 13.4 Å². The summed E-state index contributed by atoms with van der Waals surface area (Å²) >= 11 is 6.61. The predicted molar refractivity (Wildman–Crippen MR) is 163 cm³/mol. The lowest BCUT2D eigenvalue weighted by Gasteiger charge is -2.33. The summed E-state index contributed by atoms with van der Waals surface area (Å²) in [6.07, 6.45) is 6.64. The predicted octanol–water partition coefficient (Wildman–Crippen LogP) is 3.85. The number of thiocarbonyl (C=S) groups is 1. The van der Waals surface area contributed by atoms with E-state index >= 15 is 0 Å². The monoisotopic (exact) mass is 594 g/mol. The maximum atomic E-state index is 13.9. The Hall–Kier alpha value is -3.02. The average molecular weight is 595 g/mol. The molecule has 2 aromatic heterocycles. The fraction of sp³-hybridized carbons (Fsp3) is 0.379. The number of pyridine rings is 1. The molecule has 3 aliphatic heterocycles. The first kappa shape index (κ1) is 27.2. The van der Waals surface area contributed by atoms with Crippen molar-refractivity contribution >= 4 is 61.6 Å². The first-order valence-corrected chi connectivity index (χ1v) is 16.5. The number of nitrogens with zero attached hydrogens (tertiary/aromatic N) is 4. The van der Waals surface area contributed by atoms with Gasteiger partial charge in [0.25, 0.3) is 11.5 Å². The molecule has 11 heteroatoms. The first-order chi connectivity index (χ1) is 19.2. The van der Waals surface area contributed by atoms with Gasteiger partial charge in [0.15, 0.2) is 9.84 Å². The van der Waals surface area contributed by atoms with Crippen LogP contribution in [0, 0.1) is 12.8 Å². The molecule has 0 bridgehead atoms. The summed E-state index contributed by atoms with van der Waals surface area (Å²) < 4.78 is 26.0. The van der Waals surface area contributed by atoms with E-state index in [2.05, 4.69) is 29.2 Å². The van der Waals surface area contributed by atoms with Gasteiger partial charge in [-0.1, -0.05) is 60.4 Å². The van der Waals surface area contributed by atoms with Gasteiger partial charge < -0.3 is 4.90 Å². The van der Waals surface area contributed by atoms with Gasteiger partial charge in [-0.05, 0) is 61.8 Å². The fourth-order valence-electron chi connectivity index (χ4n) is 5.87. The van der Waals surface area contributed by atoms with Gasteiger partial charge in [0, 0.05) is 19.3 Å². The summed E-state index contributed by atoms with van der Waals surface area (Å²) in [6.45, 7) is 3.44. The van der Waals surface area contributed by atoms with Crippen LogP contribution < -0.4 is 10.5 Å². The third-order valence-corrected chi connectivity index (χ3v) is 11.1. The highest BCUT2D eigenvalue weighted by Crippen LogP contribution is 2.37. The molecular weight excluding hydrogens is 565 g/mol. The maximum absolute atomic E-state index is 13.9. The van der Waals surface area contributed by atoms with Crippen molar-refractivity contribution in [2.24, 2.45) is 5.92 Å². The van der Waals surface area contributed by atoms with E-state index in [4.69, 9.17) is 17.2 Å². The molecule has 1 amide bonds. The highest BCUT2D eigenvalue weighted by atomic mass is 32.2. The second-order valence-corrected chi connectivity index (χ2v) is 14.7. The number of rotatable bonds is 5. The van der Waals surface area contributed by atoms with Gasteiger partial charge in [-0.15, -0.1) is 0 Å². The number of amides is 1. The van der Waals surface area contributed by atoms with Crippen molar-refractivity contribution in [1.29, 1.82) is 0 Å². The Labute approximate surface area is 243 Å². The zero-order chi connectivity index (χ0) is 28.0. The van der Waals surface area contributed by atoms with Gasteiger partial charge in [0.2, 0.25) is 0 Å². The van der Waals surface area contributed by atoms with E-state index in [0.29, 0.717) is 38.6 Å². The largest absolute Gasteiger partial charge is 0.356 e. The Kier molecular flexibility index (Phi) is 7.30. The number of sulfone groups is 1. The molecule has 5 heterocycles. The van der Waals surface area contributed by atoms with E-state index < -0.39 is 15.9 Å².